The van der Waals surface area contributed by atoms with Gasteiger partial charge in [0.25, 0.3) is 0 Å². The van der Waals surface area contributed by atoms with Crippen LogP contribution >= 0.6 is 0 Å². The Balaban J connectivity index is 1.17. The van der Waals surface area contributed by atoms with Crippen LogP contribution in [0.3, 0.4) is 0 Å². The first-order valence-corrected chi connectivity index (χ1v) is 17.3. The molecule has 0 bridgehead atoms. The second-order valence-electron chi connectivity index (χ2n) is 13.5. The first kappa shape index (κ1) is 30.4. The minimum absolute atomic E-state index is 0.658. The molecule has 0 unspecified atom stereocenters. The van der Waals surface area contributed by atoms with Gasteiger partial charge in [0.1, 0.15) is 11.2 Å². The molecule has 1 aromatic heterocycles. The van der Waals surface area contributed by atoms with E-state index in [1.165, 1.54) is 44.8 Å². The van der Waals surface area contributed by atoms with E-state index in [1.54, 1.807) is 12.1 Å². The molecule has 52 heavy (non-hydrogen) atoms. The minimum Gasteiger partial charge on any atom is -0.456 e. The van der Waals surface area contributed by atoms with Crippen LogP contribution in [0.5, 0.6) is 0 Å². The van der Waals surface area contributed by atoms with Gasteiger partial charge in [-0.2, -0.15) is 13.2 Å². The molecule has 248 valence electrons. The Bertz CT molecular complexity index is 2940. The third-order valence-electron chi connectivity index (χ3n) is 10.7. The van der Waals surface area contributed by atoms with Gasteiger partial charge in [-0.05, 0) is 125 Å². The topological polar surface area (TPSA) is 13.1 Å². The van der Waals surface area contributed by atoms with E-state index in [2.05, 4.69) is 110 Å². The fraction of sp³-hybridized carbons (Fsp3) is 0.0417. The first-order valence-electron chi connectivity index (χ1n) is 17.3. The number of rotatable bonds is 3. The van der Waals surface area contributed by atoms with E-state index in [4.69, 9.17) is 4.42 Å². The van der Waals surface area contributed by atoms with Crippen molar-refractivity contribution in [2.75, 3.05) is 0 Å². The normalized spacial score (nSPS) is 12.2. The molecule has 0 aliphatic carbocycles. The maximum Gasteiger partial charge on any atom is 0.416 e. The zero-order valence-electron chi connectivity index (χ0n) is 28.1. The summed E-state index contributed by atoms with van der Waals surface area (Å²) in [4.78, 5) is 0. The molecule has 1 nitrogen and oxygen atoms in total. The van der Waals surface area contributed by atoms with Crippen molar-refractivity contribution in [3.05, 3.63) is 169 Å². The van der Waals surface area contributed by atoms with Crippen molar-refractivity contribution in [1.82, 2.24) is 0 Å². The van der Waals surface area contributed by atoms with Crippen LogP contribution in [0.4, 0.5) is 13.2 Å². The van der Waals surface area contributed by atoms with Crippen LogP contribution in [0.15, 0.2) is 162 Å². The molecule has 1 heterocycles. The number of benzene rings is 9. The maximum atomic E-state index is 13.5. The molecule has 0 fully saturated rings. The average Bonchev–Trinajstić information content (AvgIpc) is 3.54. The highest BCUT2D eigenvalue weighted by atomic mass is 19.4. The molecular formula is C48H29F3O. The van der Waals surface area contributed by atoms with Crippen LogP contribution in [0.2, 0.25) is 0 Å². The highest BCUT2D eigenvalue weighted by Gasteiger charge is 2.30. The van der Waals surface area contributed by atoms with Crippen LogP contribution in [0, 0.1) is 6.92 Å². The van der Waals surface area contributed by atoms with Crippen molar-refractivity contribution < 1.29 is 17.6 Å². The van der Waals surface area contributed by atoms with Crippen molar-refractivity contribution >= 4 is 65.0 Å². The summed E-state index contributed by atoms with van der Waals surface area (Å²) in [5.41, 5.74) is 8.34. The molecule has 0 spiro atoms. The van der Waals surface area contributed by atoms with Gasteiger partial charge in [-0.1, -0.05) is 121 Å². The van der Waals surface area contributed by atoms with Crippen molar-refractivity contribution in [3.8, 4) is 33.4 Å². The van der Waals surface area contributed by atoms with Gasteiger partial charge in [0.15, 0.2) is 0 Å². The molecule has 0 amide bonds. The van der Waals surface area contributed by atoms with E-state index in [0.29, 0.717) is 0 Å². The first-order chi connectivity index (χ1) is 25.3. The number of hydrogen-bond acceptors (Lipinski definition) is 1. The summed E-state index contributed by atoms with van der Waals surface area (Å²) in [5.74, 6) is 0. The fourth-order valence-corrected chi connectivity index (χ4v) is 8.32. The fourth-order valence-electron chi connectivity index (χ4n) is 8.32. The Labute approximate surface area is 297 Å². The van der Waals surface area contributed by atoms with Crippen molar-refractivity contribution in [3.63, 3.8) is 0 Å². The van der Waals surface area contributed by atoms with Crippen LogP contribution in [-0.4, -0.2) is 0 Å². The summed E-state index contributed by atoms with van der Waals surface area (Å²) < 4.78 is 47.0. The molecular weight excluding hydrogens is 650 g/mol. The zero-order valence-corrected chi connectivity index (χ0v) is 28.1. The lowest BCUT2D eigenvalue weighted by Gasteiger charge is -2.18. The molecule has 0 saturated heterocycles. The van der Waals surface area contributed by atoms with Gasteiger partial charge in [0, 0.05) is 10.8 Å². The molecule has 0 atom stereocenters. The number of hydrogen-bond donors (Lipinski definition) is 0. The zero-order chi connectivity index (χ0) is 35.1. The van der Waals surface area contributed by atoms with Gasteiger partial charge in [-0.3, -0.25) is 0 Å². The van der Waals surface area contributed by atoms with Gasteiger partial charge >= 0.3 is 6.18 Å². The quantitative estimate of drug-likeness (QED) is 0.170. The van der Waals surface area contributed by atoms with Crippen LogP contribution in [-0.2, 0) is 6.18 Å². The Morgan fingerprint density at radius 3 is 1.27 bits per heavy atom. The van der Waals surface area contributed by atoms with Crippen LogP contribution in [0.25, 0.3) is 98.4 Å². The Kier molecular flexibility index (Phi) is 6.62. The predicted molar refractivity (Wildman–Crippen MR) is 210 cm³/mol. The van der Waals surface area contributed by atoms with E-state index in [-0.39, 0.29) is 0 Å². The number of aryl methyl sites for hydroxylation is 1. The molecule has 0 aliphatic rings. The highest BCUT2D eigenvalue weighted by molar-refractivity contribution is 6.22. The second-order valence-corrected chi connectivity index (χ2v) is 13.5. The standard InChI is InChI=1S/C48H29F3O/c1-28-33-10-2-4-12-36(33)47(37-13-5-3-11-34(28)37)31-20-24-35-42-26-30(21-25-43(42)52-44(35)27-31)46-40-16-8-6-14-38(40)45(39-15-7-9-17-41(39)46)29-18-22-32(23-19-29)48(49,50)51/h2-27H,1H3. The van der Waals surface area contributed by atoms with Gasteiger partial charge < -0.3 is 4.42 Å². The summed E-state index contributed by atoms with van der Waals surface area (Å²) in [6.07, 6.45) is -4.40. The van der Waals surface area contributed by atoms with Gasteiger partial charge in [-0.25, -0.2) is 0 Å². The number of fused-ring (bicyclic) bond motifs is 7. The summed E-state index contributed by atoms with van der Waals surface area (Å²) in [6.45, 7) is 2.20. The number of furan rings is 1. The smallest absolute Gasteiger partial charge is 0.416 e. The molecule has 0 aliphatic heterocycles. The van der Waals surface area contributed by atoms with Crippen molar-refractivity contribution in [2.45, 2.75) is 13.1 Å². The lowest BCUT2D eigenvalue weighted by atomic mass is 9.85. The third kappa shape index (κ3) is 4.57. The highest BCUT2D eigenvalue weighted by Crippen LogP contribution is 2.46. The monoisotopic (exact) mass is 678 g/mol. The van der Waals surface area contributed by atoms with Gasteiger partial charge in [-0.15, -0.1) is 0 Å². The van der Waals surface area contributed by atoms with Crippen molar-refractivity contribution in [2.24, 2.45) is 0 Å². The number of halogens is 3. The lowest BCUT2D eigenvalue weighted by Crippen LogP contribution is -2.04. The summed E-state index contributed by atoms with van der Waals surface area (Å²) in [5, 5.41) is 11.0. The van der Waals surface area contributed by atoms with Gasteiger partial charge in [0.05, 0.1) is 5.56 Å². The SMILES string of the molecule is Cc1c2ccccc2c(-c2ccc3c(c2)oc2ccc(-c4c5ccccc5c(-c5ccc(C(F)(F)F)cc5)c5ccccc45)cc23)c2ccccc12. The largest absolute Gasteiger partial charge is 0.456 e. The Morgan fingerprint density at radius 1 is 0.365 bits per heavy atom. The molecule has 10 aromatic rings. The van der Waals surface area contributed by atoms with Crippen LogP contribution in [0.1, 0.15) is 11.1 Å². The molecule has 0 radical (unpaired) electrons. The molecule has 0 saturated carbocycles. The molecule has 9 aromatic carbocycles. The number of alkyl halides is 3. The molecule has 0 N–H and O–H groups in total. The average molecular weight is 679 g/mol. The second kappa shape index (κ2) is 11.3. The Hall–Kier alpha value is -6.39. The van der Waals surface area contributed by atoms with E-state index >= 15 is 0 Å². The summed E-state index contributed by atoms with van der Waals surface area (Å²) in [6, 6.07) is 52.0. The Morgan fingerprint density at radius 2 is 0.769 bits per heavy atom. The van der Waals surface area contributed by atoms with E-state index in [1.807, 2.05) is 30.3 Å². The van der Waals surface area contributed by atoms with Crippen LogP contribution < -0.4 is 0 Å². The van der Waals surface area contributed by atoms with E-state index in [0.717, 1.165) is 71.3 Å². The summed E-state index contributed by atoms with van der Waals surface area (Å²) in [7, 11) is 0. The maximum absolute atomic E-state index is 13.5. The van der Waals surface area contributed by atoms with Gasteiger partial charge in [0.2, 0.25) is 0 Å². The molecule has 4 heteroatoms. The third-order valence-corrected chi connectivity index (χ3v) is 10.7. The molecule has 10 rings (SSSR count). The minimum atomic E-state index is -4.40. The van der Waals surface area contributed by atoms with E-state index in [9.17, 15) is 13.2 Å². The lowest BCUT2D eigenvalue weighted by molar-refractivity contribution is -0.137. The van der Waals surface area contributed by atoms with Crippen molar-refractivity contribution in [1.29, 1.82) is 0 Å². The predicted octanol–water partition coefficient (Wildman–Crippen LogP) is 14.5. The van der Waals surface area contributed by atoms with E-state index < -0.39 is 11.7 Å². The summed E-state index contributed by atoms with van der Waals surface area (Å²) >= 11 is 0.